The van der Waals surface area contributed by atoms with Crippen LogP contribution in [0.5, 0.6) is 0 Å². The van der Waals surface area contributed by atoms with E-state index in [2.05, 4.69) is 17.5 Å². The van der Waals surface area contributed by atoms with Gasteiger partial charge >= 0.3 is 0 Å². The minimum Gasteiger partial charge on any atom is -0.394 e. The van der Waals surface area contributed by atoms with Crippen molar-refractivity contribution in [1.29, 1.82) is 0 Å². The molecule has 8 atom stereocenters. The van der Waals surface area contributed by atoms with E-state index in [1.54, 1.807) is 0 Å². The molecule has 2 fully saturated rings. The van der Waals surface area contributed by atoms with Crippen LogP contribution in [0.4, 0.5) is 0 Å². The van der Waals surface area contributed by atoms with Crippen LogP contribution < -0.4 is 5.32 Å². The summed E-state index contributed by atoms with van der Waals surface area (Å²) >= 11 is 0. The van der Waals surface area contributed by atoms with E-state index < -0.39 is 37.3 Å². The molecular weight excluding hydrogens is 318 g/mol. The van der Waals surface area contributed by atoms with E-state index in [1.165, 1.54) is 0 Å². The van der Waals surface area contributed by atoms with Crippen LogP contribution in [0.15, 0.2) is 12.2 Å². The van der Waals surface area contributed by atoms with Crippen molar-refractivity contribution in [1.82, 2.24) is 5.32 Å². The summed E-state index contributed by atoms with van der Waals surface area (Å²) in [4.78, 5) is 12.2. The summed E-state index contributed by atoms with van der Waals surface area (Å²) < 4.78 is 10.6. The largest absolute Gasteiger partial charge is 0.394 e. The Balaban J connectivity index is 1.40. The van der Waals surface area contributed by atoms with Gasteiger partial charge in [-0.05, 0) is 24.7 Å². The van der Waals surface area contributed by atoms with Crippen molar-refractivity contribution in [3.63, 3.8) is 0 Å². The van der Waals surface area contributed by atoms with Gasteiger partial charge in [-0.25, -0.2) is 0 Å². The molecule has 0 radical (unpaired) electrons. The van der Waals surface area contributed by atoms with Crippen LogP contribution in [-0.2, 0) is 14.3 Å². The zero-order chi connectivity index (χ0) is 17.3. The van der Waals surface area contributed by atoms with Gasteiger partial charge in [-0.1, -0.05) is 12.2 Å². The predicted molar refractivity (Wildman–Crippen MR) is 81.6 cm³/mol. The molecule has 3 rings (SSSR count). The highest BCUT2D eigenvalue weighted by atomic mass is 16.7. The maximum Gasteiger partial charge on any atom is 0.223 e. The summed E-state index contributed by atoms with van der Waals surface area (Å²) in [6.07, 6.45) is -0.216. The predicted octanol–water partition coefficient (Wildman–Crippen LogP) is -1.87. The van der Waals surface area contributed by atoms with E-state index in [1.807, 2.05) is 0 Å². The average molecular weight is 343 g/mol. The minimum absolute atomic E-state index is 0.00394. The Hall–Kier alpha value is -1.03. The average Bonchev–Trinajstić information content (AvgIpc) is 3.21. The molecule has 0 aromatic heterocycles. The molecule has 136 valence electrons. The number of aliphatic hydroxyl groups excluding tert-OH is 4. The van der Waals surface area contributed by atoms with Gasteiger partial charge in [0.2, 0.25) is 5.91 Å². The standard InChI is InChI=1S/C16H25NO7/c18-7-11-12(19)13(20)14(21)16(24-11)23-4-3-17-15(22)10-6-8-1-2-9(10)5-8/h1-2,8-14,16,18-21H,3-7H2,(H,17,22)/t8-,9+,10?,11-,12-,13+,14+,16-/m1/s1. The lowest BCUT2D eigenvalue weighted by Gasteiger charge is -2.39. The summed E-state index contributed by atoms with van der Waals surface area (Å²) in [6, 6.07) is 0. The number of rotatable bonds is 6. The molecule has 1 heterocycles. The van der Waals surface area contributed by atoms with Crippen molar-refractivity contribution in [3.8, 4) is 0 Å². The maximum atomic E-state index is 12.2. The van der Waals surface area contributed by atoms with Gasteiger partial charge in [-0.2, -0.15) is 0 Å². The molecule has 1 aliphatic heterocycles. The van der Waals surface area contributed by atoms with Gasteiger partial charge in [-0.15, -0.1) is 0 Å². The number of ether oxygens (including phenoxy) is 2. The lowest BCUT2D eigenvalue weighted by atomic mass is 9.93. The van der Waals surface area contributed by atoms with Crippen LogP contribution in [0.3, 0.4) is 0 Å². The fourth-order valence-corrected chi connectivity index (χ4v) is 3.77. The number of fused-ring (bicyclic) bond motifs is 2. The Kier molecular flexibility index (Phi) is 5.53. The van der Waals surface area contributed by atoms with Crippen molar-refractivity contribution in [2.45, 2.75) is 43.5 Å². The first kappa shape index (κ1) is 17.8. The SMILES string of the molecule is O=C(NCCO[C@@H]1O[C@H](CO)[C@@H](O)[C@H](O)[C@@H]1O)C1C[C@@H]2C=C[C@H]1C2. The van der Waals surface area contributed by atoms with Gasteiger partial charge in [0.1, 0.15) is 24.4 Å². The minimum atomic E-state index is -1.46. The highest BCUT2D eigenvalue weighted by Gasteiger charge is 2.44. The van der Waals surface area contributed by atoms with Crippen molar-refractivity contribution < 1.29 is 34.7 Å². The van der Waals surface area contributed by atoms with E-state index in [0.29, 0.717) is 11.8 Å². The summed E-state index contributed by atoms with van der Waals surface area (Å²) in [5, 5.41) is 41.1. The van der Waals surface area contributed by atoms with Crippen LogP contribution in [0.1, 0.15) is 12.8 Å². The van der Waals surface area contributed by atoms with Gasteiger partial charge in [0.15, 0.2) is 6.29 Å². The van der Waals surface area contributed by atoms with Gasteiger partial charge in [0.25, 0.3) is 0 Å². The Bertz CT molecular complexity index is 483. The van der Waals surface area contributed by atoms with E-state index in [0.717, 1.165) is 12.8 Å². The van der Waals surface area contributed by atoms with E-state index >= 15 is 0 Å². The molecule has 1 saturated heterocycles. The number of hydrogen-bond acceptors (Lipinski definition) is 7. The van der Waals surface area contributed by atoms with Crippen LogP contribution in [0.25, 0.3) is 0 Å². The molecule has 1 saturated carbocycles. The number of allylic oxidation sites excluding steroid dienone is 2. The first-order chi connectivity index (χ1) is 11.5. The topological polar surface area (TPSA) is 128 Å². The van der Waals surface area contributed by atoms with Crippen LogP contribution in [-0.4, -0.2) is 76.8 Å². The quantitative estimate of drug-likeness (QED) is 0.282. The van der Waals surface area contributed by atoms with Crippen molar-refractivity contribution in [3.05, 3.63) is 12.2 Å². The second-order valence-corrected chi connectivity index (χ2v) is 6.75. The van der Waals surface area contributed by atoms with E-state index in [-0.39, 0.29) is 25.0 Å². The zero-order valence-electron chi connectivity index (χ0n) is 13.3. The second-order valence-electron chi connectivity index (χ2n) is 6.75. The first-order valence-electron chi connectivity index (χ1n) is 8.39. The molecule has 2 aliphatic carbocycles. The monoisotopic (exact) mass is 343 g/mol. The molecule has 24 heavy (non-hydrogen) atoms. The van der Waals surface area contributed by atoms with Gasteiger partial charge in [0, 0.05) is 12.5 Å². The van der Waals surface area contributed by atoms with Crippen LogP contribution >= 0.6 is 0 Å². The molecular formula is C16H25NO7. The van der Waals surface area contributed by atoms with Crippen molar-refractivity contribution >= 4 is 5.91 Å². The summed E-state index contributed by atoms with van der Waals surface area (Å²) in [7, 11) is 0. The molecule has 2 bridgehead atoms. The number of hydrogen-bond donors (Lipinski definition) is 5. The molecule has 8 heteroatoms. The Morgan fingerprint density at radius 2 is 1.96 bits per heavy atom. The van der Waals surface area contributed by atoms with Crippen LogP contribution in [0, 0.1) is 17.8 Å². The molecule has 0 spiro atoms. The lowest BCUT2D eigenvalue weighted by Crippen LogP contribution is -2.59. The van der Waals surface area contributed by atoms with Gasteiger partial charge < -0.3 is 35.2 Å². The fourth-order valence-electron chi connectivity index (χ4n) is 3.77. The molecule has 8 nitrogen and oxygen atoms in total. The highest BCUT2D eigenvalue weighted by molar-refractivity contribution is 5.79. The molecule has 1 unspecified atom stereocenters. The lowest BCUT2D eigenvalue weighted by molar-refractivity contribution is -0.300. The molecule has 1 amide bonds. The smallest absolute Gasteiger partial charge is 0.223 e. The first-order valence-corrected chi connectivity index (χ1v) is 8.39. The van der Waals surface area contributed by atoms with E-state index in [9.17, 15) is 20.1 Å². The normalized spacial score (nSPS) is 44.0. The Morgan fingerprint density at radius 3 is 2.58 bits per heavy atom. The highest BCUT2D eigenvalue weighted by Crippen LogP contribution is 2.43. The third-order valence-corrected chi connectivity index (χ3v) is 5.15. The van der Waals surface area contributed by atoms with E-state index in [4.69, 9.17) is 14.6 Å². The number of amides is 1. The molecule has 0 aromatic rings. The second kappa shape index (κ2) is 7.47. The number of carbonyl (C=O) groups is 1. The number of nitrogens with one attached hydrogen (secondary N) is 1. The maximum absolute atomic E-state index is 12.2. The molecule has 0 aromatic carbocycles. The summed E-state index contributed by atoms with van der Waals surface area (Å²) in [5.41, 5.74) is 0. The third-order valence-electron chi connectivity index (χ3n) is 5.15. The Labute approximate surface area is 140 Å². The van der Waals surface area contributed by atoms with Gasteiger partial charge in [0.05, 0.1) is 13.2 Å². The number of aliphatic hydroxyl groups is 4. The third kappa shape index (κ3) is 3.49. The van der Waals surface area contributed by atoms with Crippen molar-refractivity contribution in [2.24, 2.45) is 17.8 Å². The fraction of sp³-hybridized carbons (Fsp3) is 0.812. The summed E-state index contributed by atoms with van der Waals surface area (Å²) in [6.45, 7) is -0.157. The molecule has 5 N–H and O–H groups in total. The Morgan fingerprint density at radius 1 is 1.17 bits per heavy atom. The van der Waals surface area contributed by atoms with Gasteiger partial charge in [-0.3, -0.25) is 4.79 Å². The molecule has 3 aliphatic rings. The van der Waals surface area contributed by atoms with Crippen LogP contribution in [0.2, 0.25) is 0 Å². The summed E-state index contributed by atoms with van der Waals surface area (Å²) in [5.74, 6) is 0.883. The van der Waals surface area contributed by atoms with Crippen molar-refractivity contribution in [2.75, 3.05) is 19.8 Å². The zero-order valence-corrected chi connectivity index (χ0v) is 13.3. The number of carbonyl (C=O) groups excluding carboxylic acids is 1.